The van der Waals surface area contributed by atoms with E-state index in [2.05, 4.69) is 57.7 Å². The molecule has 3 heterocycles. The minimum Gasteiger partial charge on any atom is -0.357 e. The minimum atomic E-state index is 0.0325. The van der Waals surface area contributed by atoms with Gasteiger partial charge in [-0.1, -0.05) is 36.4 Å². The fourth-order valence-corrected chi connectivity index (χ4v) is 4.09. The van der Waals surface area contributed by atoms with Gasteiger partial charge in [0.05, 0.1) is 0 Å². The Morgan fingerprint density at radius 1 is 1.00 bits per heavy atom. The summed E-state index contributed by atoms with van der Waals surface area (Å²) in [4.78, 5) is 21.3. The van der Waals surface area contributed by atoms with Crippen LogP contribution < -0.4 is 10.2 Å². The average Bonchev–Trinajstić information content (AvgIpc) is 3.28. The maximum absolute atomic E-state index is 12.5. The van der Waals surface area contributed by atoms with Crippen LogP contribution in [-0.2, 0) is 6.54 Å². The molecule has 5 nitrogen and oxygen atoms in total. The van der Waals surface area contributed by atoms with Crippen LogP contribution in [0.25, 0.3) is 0 Å². The third-order valence-electron chi connectivity index (χ3n) is 5.74. The molecule has 142 valence electrons. The number of anilines is 1. The Bertz CT molecular complexity index is 733. The average molecular weight is 364 g/mol. The fraction of sp³-hybridized carbons (Fsp3) is 0.455. The van der Waals surface area contributed by atoms with Gasteiger partial charge in [0.2, 0.25) is 0 Å². The van der Waals surface area contributed by atoms with Crippen molar-refractivity contribution in [2.45, 2.75) is 38.1 Å². The topological polar surface area (TPSA) is 48.5 Å². The maximum atomic E-state index is 12.5. The van der Waals surface area contributed by atoms with Gasteiger partial charge >= 0.3 is 6.03 Å². The highest BCUT2D eigenvalue weighted by molar-refractivity contribution is 5.74. The van der Waals surface area contributed by atoms with Gasteiger partial charge in [-0.25, -0.2) is 9.78 Å². The predicted octanol–water partition coefficient (Wildman–Crippen LogP) is 3.77. The molecule has 2 fully saturated rings. The van der Waals surface area contributed by atoms with Gasteiger partial charge in [-0.05, 0) is 48.8 Å². The monoisotopic (exact) mass is 364 g/mol. The molecular formula is C22H28N4O. The second-order valence-electron chi connectivity index (χ2n) is 7.55. The quantitative estimate of drug-likeness (QED) is 0.898. The first-order chi connectivity index (χ1) is 13.3. The Morgan fingerprint density at radius 2 is 1.74 bits per heavy atom. The zero-order chi connectivity index (χ0) is 18.5. The maximum Gasteiger partial charge on any atom is 0.317 e. The minimum absolute atomic E-state index is 0.0325. The molecule has 2 amide bonds. The van der Waals surface area contributed by atoms with Crippen molar-refractivity contribution >= 4 is 11.8 Å². The summed E-state index contributed by atoms with van der Waals surface area (Å²) in [7, 11) is 0. The van der Waals surface area contributed by atoms with E-state index in [9.17, 15) is 4.79 Å². The first-order valence-corrected chi connectivity index (χ1v) is 10.1. The molecule has 27 heavy (non-hydrogen) atoms. The number of nitrogens with one attached hydrogen (secondary N) is 1. The van der Waals surface area contributed by atoms with Crippen molar-refractivity contribution in [3.63, 3.8) is 0 Å². The first kappa shape index (κ1) is 17.8. The van der Waals surface area contributed by atoms with E-state index in [0.29, 0.717) is 12.5 Å². The molecule has 0 unspecified atom stereocenters. The number of likely N-dealkylation sites (tertiary alicyclic amines) is 1. The Morgan fingerprint density at radius 3 is 2.41 bits per heavy atom. The molecule has 0 saturated carbocycles. The number of pyridine rings is 1. The number of nitrogens with zero attached hydrogens (tertiary/aromatic N) is 3. The number of hydrogen-bond donors (Lipinski definition) is 1. The number of piperidine rings is 1. The molecule has 4 rings (SSSR count). The van der Waals surface area contributed by atoms with Crippen LogP contribution in [-0.4, -0.2) is 42.1 Å². The lowest BCUT2D eigenvalue weighted by atomic mass is 9.90. The third kappa shape index (κ3) is 4.41. The van der Waals surface area contributed by atoms with Gasteiger partial charge in [0.1, 0.15) is 5.82 Å². The molecule has 1 aromatic heterocycles. The van der Waals surface area contributed by atoms with E-state index >= 15 is 0 Å². The number of carbonyl (C=O) groups excluding carboxylic acids is 1. The van der Waals surface area contributed by atoms with Crippen molar-refractivity contribution in [3.8, 4) is 0 Å². The van der Waals surface area contributed by atoms with Crippen LogP contribution in [0.2, 0.25) is 0 Å². The second kappa shape index (κ2) is 8.42. The molecule has 0 atom stereocenters. The third-order valence-corrected chi connectivity index (χ3v) is 5.74. The van der Waals surface area contributed by atoms with Crippen LogP contribution in [0.3, 0.4) is 0 Å². The number of benzene rings is 1. The molecule has 1 aromatic carbocycles. The van der Waals surface area contributed by atoms with Gasteiger partial charge in [-0.3, -0.25) is 0 Å². The zero-order valence-electron chi connectivity index (χ0n) is 15.8. The number of rotatable bonds is 4. The van der Waals surface area contributed by atoms with Crippen molar-refractivity contribution < 1.29 is 4.79 Å². The molecule has 1 N–H and O–H groups in total. The molecule has 2 saturated heterocycles. The van der Waals surface area contributed by atoms with Crippen LogP contribution >= 0.6 is 0 Å². The summed E-state index contributed by atoms with van der Waals surface area (Å²) in [5.41, 5.74) is 2.44. The zero-order valence-corrected chi connectivity index (χ0v) is 15.8. The fourth-order valence-electron chi connectivity index (χ4n) is 4.09. The van der Waals surface area contributed by atoms with Crippen LogP contribution in [0.1, 0.15) is 42.7 Å². The Kier molecular flexibility index (Phi) is 5.56. The van der Waals surface area contributed by atoms with Crippen LogP contribution in [0, 0.1) is 0 Å². The highest BCUT2D eigenvalue weighted by Gasteiger charge is 2.23. The van der Waals surface area contributed by atoms with Crippen LogP contribution in [0.5, 0.6) is 0 Å². The van der Waals surface area contributed by atoms with E-state index in [1.165, 1.54) is 18.4 Å². The molecule has 0 bridgehead atoms. The molecule has 5 heteroatoms. The number of hydrogen-bond acceptors (Lipinski definition) is 3. The van der Waals surface area contributed by atoms with E-state index in [1.807, 2.05) is 11.1 Å². The second-order valence-corrected chi connectivity index (χ2v) is 7.55. The Balaban J connectivity index is 1.24. The Hall–Kier alpha value is -2.56. The van der Waals surface area contributed by atoms with Gasteiger partial charge in [0.25, 0.3) is 0 Å². The van der Waals surface area contributed by atoms with Crippen molar-refractivity contribution in [2.24, 2.45) is 0 Å². The van der Waals surface area contributed by atoms with Crippen molar-refractivity contribution in [1.29, 1.82) is 0 Å². The summed E-state index contributed by atoms with van der Waals surface area (Å²) >= 11 is 0. The lowest BCUT2D eigenvalue weighted by molar-refractivity contribution is 0.181. The van der Waals surface area contributed by atoms with Gasteiger partial charge < -0.3 is 15.1 Å². The van der Waals surface area contributed by atoms with Gasteiger partial charge in [0.15, 0.2) is 0 Å². The van der Waals surface area contributed by atoms with Gasteiger partial charge in [-0.15, -0.1) is 0 Å². The molecular weight excluding hydrogens is 336 g/mol. The highest BCUT2D eigenvalue weighted by Crippen LogP contribution is 2.27. The summed E-state index contributed by atoms with van der Waals surface area (Å²) in [6.07, 6.45) is 6.45. The first-order valence-electron chi connectivity index (χ1n) is 10.1. The molecule has 0 aliphatic carbocycles. The van der Waals surface area contributed by atoms with Crippen LogP contribution in [0.15, 0.2) is 48.7 Å². The van der Waals surface area contributed by atoms with E-state index < -0.39 is 0 Å². The molecule has 2 aliphatic rings. The predicted molar refractivity (Wildman–Crippen MR) is 108 cm³/mol. The summed E-state index contributed by atoms with van der Waals surface area (Å²) < 4.78 is 0. The van der Waals surface area contributed by atoms with Gasteiger partial charge in [-0.2, -0.15) is 0 Å². The van der Waals surface area contributed by atoms with Crippen molar-refractivity contribution in [3.05, 3.63) is 59.8 Å². The summed E-state index contributed by atoms with van der Waals surface area (Å²) in [6, 6.07) is 14.8. The van der Waals surface area contributed by atoms with E-state index in [1.54, 1.807) is 0 Å². The van der Waals surface area contributed by atoms with Gasteiger partial charge in [0, 0.05) is 38.9 Å². The van der Waals surface area contributed by atoms with Crippen molar-refractivity contribution in [1.82, 2.24) is 15.2 Å². The number of carbonyl (C=O) groups is 1. The lowest BCUT2D eigenvalue weighted by Crippen LogP contribution is -2.43. The van der Waals surface area contributed by atoms with E-state index in [0.717, 1.165) is 50.4 Å². The molecule has 0 radical (unpaired) electrons. The van der Waals surface area contributed by atoms with Crippen molar-refractivity contribution in [2.75, 3.05) is 31.1 Å². The SMILES string of the molecule is O=C(NCc1ccc(N2CCCC2)nc1)N1CCC(c2ccccc2)CC1. The highest BCUT2D eigenvalue weighted by atomic mass is 16.2. The van der Waals surface area contributed by atoms with E-state index in [-0.39, 0.29) is 6.03 Å². The van der Waals surface area contributed by atoms with Crippen LogP contribution in [0.4, 0.5) is 10.6 Å². The number of amides is 2. The van der Waals surface area contributed by atoms with E-state index in [4.69, 9.17) is 0 Å². The normalized spacial score (nSPS) is 17.9. The largest absolute Gasteiger partial charge is 0.357 e. The number of urea groups is 1. The standard InChI is InChI=1S/C22H28N4O/c27-22(26-14-10-20(11-15-26)19-6-2-1-3-7-19)24-17-18-8-9-21(23-16-18)25-12-4-5-13-25/h1-3,6-9,16,20H,4-5,10-15,17H2,(H,24,27). The Labute approximate surface area is 161 Å². The molecule has 0 spiro atoms. The smallest absolute Gasteiger partial charge is 0.317 e. The molecule has 2 aromatic rings. The summed E-state index contributed by atoms with van der Waals surface area (Å²) in [5.74, 6) is 1.61. The summed E-state index contributed by atoms with van der Waals surface area (Å²) in [5, 5.41) is 3.05. The number of aromatic nitrogens is 1. The summed E-state index contributed by atoms with van der Waals surface area (Å²) in [6.45, 7) is 4.36. The molecule has 2 aliphatic heterocycles. The lowest BCUT2D eigenvalue weighted by Gasteiger charge is -2.32.